The van der Waals surface area contributed by atoms with E-state index in [4.69, 9.17) is 9.47 Å². The van der Waals surface area contributed by atoms with Crippen molar-refractivity contribution in [2.24, 2.45) is 0 Å². The van der Waals surface area contributed by atoms with Gasteiger partial charge in [-0.25, -0.2) is 18.4 Å². The average Bonchev–Trinajstić information content (AvgIpc) is 2.63. The SMILES string of the molecule is CC(C)(Oc1ccc(F)cc1)C(=O)OCC(=O)NC(=O)Nc1ccccc1F. The van der Waals surface area contributed by atoms with Crippen molar-refractivity contribution in [1.29, 1.82) is 0 Å². The van der Waals surface area contributed by atoms with Gasteiger partial charge in [0, 0.05) is 0 Å². The molecule has 7 nitrogen and oxygen atoms in total. The fourth-order valence-electron chi connectivity index (χ4n) is 2.02. The van der Waals surface area contributed by atoms with E-state index in [9.17, 15) is 23.2 Å². The lowest BCUT2D eigenvalue weighted by molar-refractivity contribution is -0.161. The Labute approximate surface area is 159 Å². The summed E-state index contributed by atoms with van der Waals surface area (Å²) in [4.78, 5) is 35.5. The Hall–Kier alpha value is -3.49. The Morgan fingerprint density at radius 3 is 2.29 bits per heavy atom. The smallest absolute Gasteiger partial charge is 0.350 e. The Kier molecular flexibility index (Phi) is 6.64. The molecule has 0 saturated carbocycles. The van der Waals surface area contributed by atoms with Crippen molar-refractivity contribution in [3.8, 4) is 5.75 Å². The molecule has 0 saturated heterocycles. The van der Waals surface area contributed by atoms with Crippen LogP contribution in [-0.2, 0) is 14.3 Å². The highest BCUT2D eigenvalue weighted by Crippen LogP contribution is 2.20. The zero-order valence-corrected chi connectivity index (χ0v) is 15.1. The maximum atomic E-state index is 13.4. The van der Waals surface area contributed by atoms with Gasteiger partial charge in [0.1, 0.15) is 17.4 Å². The first-order valence-electron chi connectivity index (χ1n) is 8.14. The van der Waals surface area contributed by atoms with Crippen LogP contribution in [0.4, 0.5) is 19.3 Å². The highest BCUT2D eigenvalue weighted by molar-refractivity contribution is 6.02. The van der Waals surface area contributed by atoms with Crippen molar-refractivity contribution in [3.63, 3.8) is 0 Å². The number of nitrogens with one attached hydrogen (secondary N) is 2. The molecular formula is C19H18F2N2O5. The molecule has 0 bridgehead atoms. The number of carbonyl (C=O) groups excluding carboxylic acids is 3. The Morgan fingerprint density at radius 1 is 1.00 bits per heavy atom. The first kappa shape index (κ1) is 20.8. The summed E-state index contributed by atoms with van der Waals surface area (Å²) in [7, 11) is 0. The van der Waals surface area contributed by atoms with Gasteiger partial charge in [-0.2, -0.15) is 0 Å². The Balaban J connectivity index is 1.82. The molecule has 0 atom stereocenters. The molecule has 0 aliphatic carbocycles. The Bertz CT molecular complexity index is 869. The van der Waals surface area contributed by atoms with Gasteiger partial charge < -0.3 is 14.8 Å². The standard InChI is InChI=1S/C19H18F2N2O5/c1-19(2,28-13-9-7-12(20)8-10-13)17(25)27-11-16(24)23-18(26)22-15-6-4-3-5-14(15)21/h3-10H,11H2,1-2H3,(H2,22,23,24,26). The molecule has 28 heavy (non-hydrogen) atoms. The first-order valence-corrected chi connectivity index (χ1v) is 8.14. The lowest BCUT2D eigenvalue weighted by Crippen LogP contribution is -2.43. The van der Waals surface area contributed by atoms with Crippen LogP contribution in [0.5, 0.6) is 5.75 Å². The summed E-state index contributed by atoms with van der Waals surface area (Å²) >= 11 is 0. The zero-order chi connectivity index (χ0) is 20.7. The first-order chi connectivity index (χ1) is 13.2. The van der Waals surface area contributed by atoms with Crippen molar-refractivity contribution in [2.45, 2.75) is 19.4 Å². The monoisotopic (exact) mass is 392 g/mol. The quantitative estimate of drug-likeness (QED) is 0.737. The number of esters is 1. The minimum absolute atomic E-state index is 0.112. The van der Waals surface area contributed by atoms with Crippen molar-refractivity contribution in [2.75, 3.05) is 11.9 Å². The van der Waals surface area contributed by atoms with E-state index in [0.717, 1.165) is 6.07 Å². The fourth-order valence-corrected chi connectivity index (χ4v) is 2.02. The molecule has 2 aromatic carbocycles. The molecule has 2 N–H and O–H groups in total. The second-order valence-corrected chi connectivity index (χ2v) is 6.12. The van der Waals surface area contributed by atoms with E-state index in [-0.39, 0.29) is 11.4 Å². The van der Waals surface area contributed by atoms with E-state index in [0.29, 0.717) is 0 Å². The van der Waals surface area contributed by atoms with Crippen LogP contribution in [0, 0.1) is 11.6 Å². The van der Waals surface area contributed by atoms with Gasteiger partial charge >= 0.3 is 12.0 Å². The van der Waals surface area contributed by atoms with Crippen molar-refractivity contribution < 1.29 is 32.6 Å². The molecule has 0 unspecified atom stereocenters. The largest absolute Gasteiger partial charge is 0.476 e. The number of halogens is 2. The summed E-state index contributed by atoms with van der Waals surface area (Å²) < 4.78 is 36.6. The van der Waals surface area contributed by atoms with Gasteiger partial charge in [-0.05, 0) is 50.2 Å². The minimum Gasteiger partial charge on any atom is -0.476 e. The summed E-state index contributed by atoms with van der Waals surface area (Å²) in [6.45, 7) is 2.06. The molecule has 2 aromatic rings. The summed E-state index contributed by atoms with van der Waals surface area (Å²) in [6.07, 6.45) is 0. The highest BCUT2D eigenvalue weighted by atomic mass is 19.1. The lowest BCUT2D eigenvalue weighted by Gasteiger charge is -2.24. The fraction of sp³-hybridized carbons (Fsp3) is 0.211. The number of hydrogen-bond donors (Lipinski definition) is 2. The minimum atomic E-state index is -1.46. The number of anilines is 1. The predicted molar refractivity (Wildman–Crippen MR) is 95.6 cm³/mol. The Morgan fingerprint density at radius 2 is 1.64 bits per heavy atom. The van der Waals surface area contributed by atoms with Crippen LogP contribution in [0.25, 0.3) is 0 Å². The summed E-state index contributed by atoms with van der Waals surface area (Å²) in [5.74, 6) is -2.69. The predicted octanol–water partition coefficient (Wildman–Crippen LogP) is 3.01. The van der Waals surface area contributed by atoms with Gasteiger partial charge in [-0.3, -0.25) is 10.1 Å². The molecule has 0 spiro atoms. The summed E-state index contributed by atoms with van der Waals surface area (Å²) in [5.41, 5.74) is -1.58. The molecule has 3 amide bonds. The van der Waals surface area contributed by atoms with E-state index in [1.807, 2.05) is 5.32 Å². The van der Waals surface area contributed by atoms with Crippen molar-refractivity contribution in [1.82, 2.24) is 5.32 Å². The molecule has 2 rings (SSSR count). The second-order valence-electron chi connectivity index (χ2n) is 6.12. The van der Waals surface area contributed by atoms with Crippen LogP contribution in [0.15, 0.2) is 48.5 Å². The van der Waals surface area contributed by atoms with Gasteiger partial charge in [-0.15, -0.1) is 0 Å². The van der Waals surface area contributed by atoms with Crippen LogP contribution >= 0.6 is 0 Å². The maximum absolute atomic E-state index is 13.4. The highest BCUT2D eigenvalue weighted by Gasteiger charge is 2.32. The third-order valence-electron chi connectivity index (χ3n) is 3.39. The summed E-state index contributed by atoms with van der Waals surface area (Å²) in [5, 5.41) is 4.06. The zero-order valence-electron chi connectivity index (χ0n) is 15.1. The van der Waals surface area contributed by atoms with Gasteiger partial charge in [0.25, 0.3) is 5.91 Å². The number of benzene rings is 2. The third kappa shape index (κ3) is 6.04. The van der Waals surface area contributed by atoms with Gasteiger partial charge in [0.05, 0.1) is 5.69 Å². The number of carbonyl (C=O) groups is 3. The molecule has 0 fully saturated rings. The van der Waals surface area contributed by atoms with Crippen molar-refractivity contribution in [3.05, 3.63) is 60.2 Å². The number of urea groups is 1. The molecule has 0 aliphatic heterocycles. The molecule has 148 valence electrons. The van der Waals surface area contributed by atoms with E-state index in [2.05, 4.69) is 5.32 Å². The number of amides is 3. The van der Waals surface area contributed by atoms with Crippen LogP contribution < -0.4 is 15.4 Å². The molecule has 9 heteroatoms. The normalized spacial score (nSPS) is 10.7. The average molecular weight is 392 g/mol. The van der Waals surface area contributed by atoms with Crippen LogP contribution in [0.3, 0.4) is 0 Å². The summed E-state index contributed by atoms with van der Waals surface area (Å²) in [6, 6.07) is 9.43. The second kappa shape index (κ2) is 8.94. The maximum Gasteiger partial charge on any atom is 0.350 e. The number of rotatable bonds is 6. The topological polar surface area (TPSA) is 93.7 Å². The van der Waals surface area contributed by atoms with E-state index >= 15 is 0 Å². The van der Waals surface area contributed by atoms with Gasteiger partial charge in [-0.1, -0.05) is 12.1 Å². The number of ether oxygens (including phenoxy) is 2. The lowest BCUT2D eigenvalue weighted by atomic mass is 10.1. The van der Waals surface area contributed by atoms with Gasteiger partial charge in [0.15, 0.2) is 12.2 Å². The molecular weight excluding hydrogens is 374 g/mol. The third-order valence-corrected chi connectivity index (χ3v) is 3.39. The number of para-hydroxylation sites is 1. The molecule has 0 heterocycles. The van der Waals surface area contributed by atoms with Crippen LogP contribution in [0.1, 0.15) is 13.8 Å². The van der Waals surface area contributed by atoms with Crippen LogP contribution in [0.2, 0.25) is 0 Å². The van der Waals surface area contributed by atoms with E-state index in [1.54, 1.807) is 0 Å². The number of hydrogen-bond acceptors (Lipinski definition) is 5. The van der Waals surface area contributed by atoms with Crippen LogP contribution in [-0.4, -0.2) is 30.1 Å². The molecule has 0 aliphatic rings. The molecule has 0 aromatic heterocycles. The van der Waals surface area contributed by atoms with E-state index in [1.165, 1.54) is 56.3 Å². The van der Waals surface area contributed by atoms with Crippen molar-refractivity contribution >= 4 is 23.6 Å². The van der Waals surface area contributed by atoms with E-state index < -0.39 is 41.7 Å². The van der Waals surface area contributed by atoms with Gasteiger partial charge in [0.2, 0.25) is 0 Å². The number of imide groups is 1. The molecule has 0 radical (unpaired) electrons.